The average molecular weight is 323 g/mol. The van der Waals surface area contributed by atoms with Crippen LogP contribution in [0.25, 0.3) is 0 Å². The second-order valence-corrected chi connectivity index (χ2v) is 5.80. The molecule has 0 bridgehead atoms. The monoisotopic (exact) mass is 323 g/mol. The molecule has 0 fully saturated rings. The number of rotatable bonds is 7. The van der Waals surface area contributed by atoms with Crippen molar-refractivity contribution in [2.75, 3.05) is 5.32 Å². The topological polar surface area (TPSA) is 60.2 Å². The Balaban J connectivity index is 1.53. The summed E-state index contributed by atoms with van der Waals surface area (Å²) in [6.45, 7) is 4.51. The van der Waals surface area contributed by atoms with E-state index < -0.39 is 0 Å². The first-order valence-corrected chi connectivity index (χ1v) is 8.05. The summed E-state index contributed by atoms with van der Waals surface area (Å²) in [6, 6.07) is 17.9. The molecule has 0 radical (unpaired) electrons. The number of hydrogen-bond donors (Lipinski definition) is 1. The number of aromatic nitrogens is 2. The fraction of sp³-hybridized carbons (Fsp3) is 0.263. The van der Waals surface area contributed by atoms with Crippen molar-refractivity contribution in [1.29, 1.82) is 0 Å². The third kappa shape index (κ3) is 4.59. The minimum atomic E-state index is 0.172. The molecular weight excluding hydrogens is 302 g/mol. The van der Waals surface area contributed by atoms with Gasteiger partial charge < -0.3 is 14.5 Å². The van der Waals surface area contributed by atoms with Crippen molar-refractivity contribution >= 4 is 5.69 Å². The van der Waals surface area contributed by atoms with E-state index in [0.717, 1.165) is 17.0 Å². The number of benzene rings is 2. The van der Waals surface area contributed by atoms with Gasteiger partial charge >= 0.3 is 0 Å². The predicted octanol–water partition coefficient (Wildman–Crippen LogP) is 4.06. The molecule has 24 heavy (non-hydrogen) atoms. The zero-order valence-corrected chi connectivity index (χ0v) is 13.9. The first kappa shape index (κ1) is 16.1. The Hall–Kier alpha value is -2.82. The smallest absolute Gasteiger partial charge is 0.235 e. The quantitative estimate of drug-likeness (QED) is 0.710. The van der Waals surface area contributed by atoms with Crippen LogP contribution in [0, 0.1) is 0 Å². The SMILES string of the molecule is CC(C)Oc1ccc(NCc2nnc(Cc3ccccc3)o2)cc1. The van der Waals surface area contributed by atoms with E-state index in [9.17, 15) is 0 Å². The van der Waals surface area contributed by atoms with Crippen LogP contribution in [0.4, 0.5) is 5.69 Å². The van der Waals surface area contributed by atoms with E-state index in [1.807, 2.05) is 68.4 Å². The molecule has 3 aromatic rings. The van der Waals surface area contributed by atoms with E-state index >= 15 is 0 Å². The zero-order valence-electron chi connectivity index (χ0n) is 13.9. The molecule has 5 heteroatoms. The molecule has 3 rings (SSSR count). The van der Waals surface area contributed by atoms with Gasteiger partial charge in [0.05, 0.1) is 19.1 Å². The minimum Gasteiger partial charge on any atom is -0.491 e. The highest BCUT2D eigenvalue weighted by molar-refractivity contribution is 5.46. The van der Waals surface area contributed by atoms with Crippen molar-refractivity contribution in [2.24, 2.45) is 0 Å². The molecule has 0 spiro atoms. The van der Waals surface area contributed by atoms with Crippen LogP contribution >= 0.6 is 0 Å². The maximum absolute atomic E-state index is 5.68. The number of nitrogens with one attached hydrogen (secondary N) is 1. The second-order valence-electron chi connectivity index (χ2n) is 5.80. The summed E-state index contributed by atoms with van der Waals surface area (Å²) < 4.78 is 11.3. The van der Waals surface area contributed by atoms with Crippen molar-refractivity contribution in [1.82, 2.24) is 10.2 Å². The van der Waals surface area contributed by atoms with Crippen molar-refractivity contribution in [3.63, 3.8) is 0 Å². The molecule has 0 amide bonds. The van der Waals surface area contributed by atoms with E-state index in [-0.39, 0.29) is 6.10 Å². The van der Waals surface area contributed by atoms with Gasteiger partial charge in [0.25, 0.3) is 0 Å². The summed E-state index contributed by atoms with van der Waals surface area (Å²) in [5.74, 6) is 2.06. The van der Waals surface area contributed by atoms with Gasteiger partial charge in [-0.25, -0.2) is 0 Å². The van der Waals surface area contributed by atoms with Gasteiger partial charge in [-0.1, -0.05) is 30.3 Å². The average Bonchev–Trinajstić information content (AvgIpc) is 3.02. The molecule has 1 aromatic heterocycles. The highest BCUT2D eigenvalue weighted by atomic mass is 16.5. The number of hydrogen-bond acceptors (Lipinski definition) is 5. The van der Waals surface area contributed by atoms with Crippen LogP contribution in [0.2, 0.25) is 0 Å². The summed E-state index contributed by atoms with van der Waals surface area (Å²) in [6.07, 6.45) is 0.819. The lowest BCUT2D eigenvalue weighted by Gasteiger charge is -2.10. The van der Waals surface area contributed by atoms with Gasteiger partial charge in [0.15, 0.2) is 0 Å². The Bertz CT molecular complexity index is 752. The molecule has 0 unspecified atom stereocenters. The van der Waals surface area contributed by atoms with Gasteiger partial charge in [-0.05, 0) is 43.7 Å². The molecule has 2 aromatic carbocycles. The van der Waals surface area contributed by atoms with E-state index in [4.69, 9.17) is 9.15 Å². The first-order chi connectivity index (χ1) is 11.7. The van der Waals surface area contributed by atoms with E-state index in [0.29, 0.717) is 24.7 Å². The van der Waals surface area contributed by atoms with E-state index in [2.05, 4.69) is 15.5 Å². The third-order valence-corrected chi connectivity index (χ3v) is 3.38. The van der Waals surface area contributed by atoms with Gasteiger partial charge in [-0.3, -0.25) is 0 Å². The second kappa shape index (κ2) is 7.64. The Kier molecular flexibility index (Phi) is 5.11. The molecule has 0 saturated heterocycles. The lowest BCUT2D eigenvalue weighted by Crippen LogP contribution is -2.05. The number of ether oxygens (including phenoxy) is 1. The molecule has 1 N–H and O–H groups in total. The van der Waals surface area contributed by atoms with Crippen molar-refractivity contribution in [2.45, 2.75) is 32.9 Å². The highest BCUT2D eigenvalue weighted by Crippen LogP contribution is 2.17. The third-order valence-electron chi connectivity index (χ3n) is 3.38. The molecule has 0 saturated carbocycles. The lowest BCUT2D eigenvalue weighted by molar-refractivity contribution is 0.242. The summed E-state index contributed by atoms with van der Waals surface area (Å²) in [4.78, 5) is 0. The van der Waals surface area contributed by atoms with Crippen LogP contribution in [0.15, 0.2) is 59.0 Å². The maximum Gasteiger partial charge on any atom is 0.235 e. The van der Waals surface area contributed by atoms with Crippen molar-refractivity contribution < 1.29 is 9.15 Å². The predicted molar refractivity (Wildman–Crippen MR) is 93.1 cm³/mol. The summed E-state index contributed by atoms with van der Waals surface area (Å²) in [7, 11) is 0. The molecule has 1 heterocycles. The standard InChI is InChI=1S/C19H21N3O2/c1-14(2)23-17-10-8-16(9-11-17)20-13-19-22-21-18(24-19)12-15-6-4-3-5-7-15/h3-11,14,20H,12-13H2,1-2H3. The summed E-state index contributed by atoms with van der Waals surface area (Å²) in [5.41, 5.74) is 2.13. The fourth-order valence-electron chi connectivity index (χ4n) is 2.30. The van der Waals surface area contributed by atoms with Gasteiger partial charge in [0.1, 0.15) is 5.75 Å². The van der Waals surface area contributed by atoms with Crippen LogP contribution in [-0.4, -0.2) is 16.3 Å². The Labute approximate surface area is 141 Å². The van der Waals surface area contributed by atoms with Gasteiger partial charge in [-0.15, -0.1) is 10.2 Å². The van der Waals surface area contributed by atoms with Crippen molar-refractivity contribution in [3.05, 3.63) is 71.9 Å². The van der Waals surface area contributed by atoms with Crippen LogP contribution in [-0.2, 0) is 13.0 Å². The number of anilines is 1. The molecular formula is C19H21N3O2. The largest absolute Gasteiger partial charge is 0.491 e. The lowest BCUT2D eigenvalue weighted by atomic mass is 10.2. The molecule has 124 valence electrons. The van der Waals surface area contributed by atoms with E-state index in [1.165, 1.54) is 0 Å². The van der Waals surface area contributed by atoms with Crippen molar-refractivity contribution in [3.8, 4) is 5.75 Å². The van der Waals surface area contributed by atoms with Crippen LogP contribution in [0.1, 0.15) is 31.2 Å². The summed E-state index contributed by atoms with van der Waals surface area (Å²) >= 11 is 0. The first-order valence-electron chi connectivity index (χ1n) is 8.05. The van der Waals surface area contributed by atoms with E-state index in [1.54, 1.807) is 0 Å². The molecule has 0 aliphatic heterocycles. The normalized spacial score (nSPS) is 10.8. The van der Waals surface area contributed by atoms with Gasteiger partial charge in [-0.2, -0.15) is 0 Å². The van der Waals surface area contributed by atoms with Gasteiger partial charge in [0, 0.05) is 5.69 Å². The zero-order chi connectivity index (χ0) is 16.8. The number of nitrogens with zero attached hydrogens (tertiary/aromatic N) is 2. The fourth-order valence-corrected chi connectivity index (χ4v) is 2.30. The van der Waals surface area contributed by atoms with Crippen LogP contribution in [0.5, 0.6) is 5.75 Å². The molecule has 0 aliphatic rings. The van der Waals surface area contributed by atoms with Crippen LogP contribution < -0.4 is 10.1 Å². The van der Waals surface area contributed by atoms with Crippen LogP contribution in [0.3, 0.4) is 0 Å². The Morgan fingerprint density at radius 3 is 2.38 bits per heavy atom. The Morgan fingerprint density at radius 2 is 1.67 bits per heavy atom. The maximum atomic E-state index is 5.68. The van der Waals surface area contributed by atoms with Gasteiger partial charge in [0.2, 0.25) is 11.8 Å². The summed E-state index contributed by atoms with van der Waals surface area (Å²) in [5, 5.41) is 11.4. The molecule has 5 nitrogen and oxygen atoms in total. The molecule has 0 atom stereocenters. The Morgan fingerprint density at radius 1 is 0.958 bits per heavy atom. The minimum absolute atomic E-state index is 0.172. The highest BCUT2D eigenvalue weighted by Gasteiger charge is 2.07. The molecule has 0 aliphatic carbocycles.